The van der Waals surface area contributed by atoms with E-state index in [4.69, 9.17) is 13.9 Å². The zero-order chi connectivity index (χ0) is 21.3. The summed E-state index contributed by atoms with van der Waals surface area (Å²) in [6, 6.07) is 5.65. The minimum atomic E-state index is -1.05. The molecule has 1 aromatic heterocycles. The van der Waals surface area contributed by atoms with Gasteiger partial charge in [0, 0.05) is 17.7 Å². The number of methoxy groups -OCH3 is 2. The number of aromatic hydroxyl groups is 2. The molecule has 0 saturated carbocycles. The van der Waals surface area contributed by atoms with Gasteiger partial charge in [-0.25, -0.2) is 0 Å². The molecule has 7 nitrogen and oxygen atoms in total. The van der Waals surface area contributed by atoms with Crippen LogP contribution in [-0.2, 0) is 0 Å². The van der Waals surface area contributed by atoms with Crippen LogP contribution in [0.3, 0.4) is 0 Å². The van der Waals surface area contributed by atoms with Gasteiger partial charge in [-0.3, -0.25) is 4.79 Å². The van der Waals surface area contributed by atoms with Gasteiger partial charge in [0.05, 0.1) is 25.4 Å². The minimum Gasteiger partial charge on any atom is -0.508 e. The second-order valence-corrected chi connectivity index (χ2v) is 7.10. The fourth-order valence-electron chi connectivity index (χ4n) is 2.98. The molecule has 0 amide bonds. The molecule has 0 fully saturated rings. The van der Waals surface area contributed by atoms with Crippen LogP contribution in [0.15, 0.2) is 45.8 Å². The van der Waals surface area contributed by atoms with Crippen LogP contribution in [0.1, 0.15) is 19.4 Å². The molecule has 2 aromatic carbocycles. The van der Waals surface area contributed by atoms with Gasteiger partial charge in [-0.05, 0) is 31.5 Å². The Labute approximate surface area is 167 Å². The first-order valence-electron chi connectivity index (χ1n) is 8.80. The Morgan fingerprint density at radius 3 is 2.41 bits per heavy atom. The van der Waals surface area contributed by atoms with Crippen LogP contribution in [-0.4, -0.2) is 35.1 Å². The van der Waals surface area contributed by atoms with Crippen molar-refractivity contribution >= 4 is 17.0 Å². The maximum absolute atomic E-state index is 13.0. The molecule has 0 radical (unpaired) electrons. The standard InChI is InChI=1S/C22H22O7/c1-22(2,26)6-5-12-7-13(8-18(27-3)21(12)28-4)15-11-29-17-10-14(23)9-16(24)19(17)20(15)25/h5-11,23-24,26H,1-4H3/b6-5+. The second-order valence-electron chi connectivity index (χ2n) is 7.10. The van der Waals surface area contributed by atoms with E-state index in [1.54, 1.807) is 38.1 Å². The van der Waals surface area contributed by atoms with Gasteiger partial charge >= 0.3 is 0 Å². The van der Waals surface area contributed by atoms with Crippen LogP contribution in [0.2, 0.25) is 0 Å². The molecule has 0 aliphatic rings. The molecule has 0 unspecified atom stereocenters. The van der Waals surface area contributed by atoms with Crippen molar-refractivity contribution in [2.75, 3.05) is 14.2 Å². The quantitative estimate of drug-likeness (QED) is 0.601. The van der Waals surface area contributed by atoms with Gasteiger partial charge in [-0.2, -0.15) is 0 Å². The van der Waals surface area contributed by atoms with E-state index in [0.717, 1.165) is 6.07 Å². The number of hydrogen-bond donors (Lipinski definition) is 3. The van der Waals surface area contributed by atoms with Gasteiger partial charge in [0.15, 0.2) is 11.5 Å². The first-order valence-corrected chi connectivity index (χ1v) is 8.80. The number of hydrogen-bond acceptors (Lipinski definition) is 7. The Morgan fingerprint density at radius 2 is 1.79 bits per heavy atom. The maximum Gasteiger partial charge on any atom is 0.204 e. The van der Waals surface area contributed by atoms with Crippen molar-refractivity contribution in [3.63, 3.8) is 0 Å². The highest BCUT2D eigenvalue weighted by Crippen LogP contribution is 2.38. The van der Waals surface area contributed by atoms with Gasteiger partial charge in [0.2, 0.25) is 5.43 Å². The van der Waals surface area contributed by atoms with Crippen molar-refractivity contribution in [2.45, 2.75) is 19.4 Å². The Bertz CT molecular complexity index is 1150. The molecule has 0 bridgehead atoms. The lowest BCUT2D eigenvalue weighted by Gasteiger charge is -2.15. The van der Waals surface area contributed by atoms with E-state index in [9.17, 15) is 20.1 Å². The number of benzene rings is 2. The number of phenols is 2. The van der Waals surface area contributed by atoms with E-state index >= 15 is 0 Å². The normalized spacial score (nSPS) is 11.9. The monoisotopic (exact) mass is 398 g/mol. The van der Waals surface area contributed by atoms with Gasteiger partial charge in [0.1, 0.15) is 28.7 Å². The van der Waals surface area contributed by atoms with Gasteiger partial charge in [0.25, 0.3) is 0 Å². The van der Waals surface area contributed by atoms with Crippen molar-refractivity contribution in [1.82, 2.24) is 0 Å². The molecule has 0 spiro atoms. The lowest BCUT2D eigenvalue weighted by atomic mass is 9.99. The Morgan fingerprint density at radius 1 is 1.07 bits per heavy atom. The third-order valence-electron chi connectivity index (χ3n) is 4.33. The largest absolute Gasteiger partial charge is 0.508 e. The van der Waals surface area contributed by atoms with E-state index in [0.29, 0.717) is 22.6 Å². The first kappa shape index (κ1) is 20.3. The van der Waals surface area contributed by atoms with Crippen LogP contribution < -0.4 is 14.9 Å². The number of rotatable bonds is 5. The van der Waals surface area contributed by atoms with Crippen LogP contribution in [0, 0.1) is 0 Å². The van der Waals surface area contributed by atoms with E-state index in [1.165, 1.54) is 26.5 Å². The first-order chi connectivity index (χ1) is 13.6. The molecule has 0 aliphatic carbocycles. The maximum atomic E-state index is 13.0. The SMILES string of the molecule is COc1cc(-c2coc3cc(O)cc(O)c3c2=O)cc(/C=C/C(C)(C)O)c1OC. The van der Waals surface area contributed by atoms with Crippen molar-refractivity contribution in [2.24, 2.45) is 0 Å². The molecule has 0 saturated heterocycles. The zero-order valence-corrected chi connectivity index (χ0v) is 16.5. The van der Waals surface area contributed by atoms with E-state index in [-0.39, 0.29) is 28.0 Å². The van der Waals surface area contributed by atoms with Crippen molar-refractivity contribution in [1.29, 1.82) is 0 Å². The molecule has 152 valence electrons. The fourth-order valence-corrected chi connectivity index (χ4v) is 2.98. The van der Waals surface area contributed by atoms with E-state index in [2.05, 4.69) is 0 Å². The highest BCUT2D eigenvalue weighted by Gasteiger charge is 2.18. The Hall–Kier alpha value is -3.45. The van der Waals surface area contributed by atoms with Crippen molar-refractivity contribution < 1.29 is 29.2 Å². The highest BCUT2D eigenvalue weighted by atomic mass is 16.5. The summed E-state index contributed by atoms with van der Waals surface area (Å²) in [6.07, 6.45) is 4.52. The molecule has 3 aromatic rings. The number of ether oxygens (including phenoxy) is 2. The zero-order valence-electron chi connectivity index (χ0n) is 16.5. The summed E-state index contributed by atoms with van der Waals surface area (Å²) >= 11 is 0. The number of aliphatic hydroxyl groups is 1. The van der Waals surface area contributed by atoms with E-state index < -0.39 is 11.0 Å². The molecule has 3 N–H and O–H groups in total. The fraction of sp³-hybridized carbons (Fsp3) is 0.227. The summed E-state index contributed by atoms with van der Waals surface area (Å²) < 4.78 is 16.3. The minimum absolute atomic E-state index is 0.0383. The molecule has 7 heteroatoms. The summed E-state index contributed by atoms with van der Waals surface area (Å²) in [5.74, 6) is 0.235. The molecule has 1 heterocycles. The summed E-state index contributed by atoms with van der Waals surface area (Å²) in [6.45, 7) is 3.26. The lowest BCUT2D eigenvalue weighted by Crippen LogP contribution is -2.13. The molecule has 0 atom stereocenters. The van der Waals surface area contributed by atoms with Crippen molar-refractivity contribution in [3.8, 4) is 34.1 Å². The number of fused-ring (bicyclic) bond motifs is 1. The summed E-state index contributed by atoms with van der Waals surface area (Å²) in [7, 11) is 2.97. The predicted octanol–water partition coefficient (Wildman–Crippen LogP) is 3.67. The third-order valence-corrected chi connectivity index (χ3v) is 4.33. The number of phenolic OH excluding ortho intramolecular Hbond substituents is 2. The van der Waals surface area contributed by atoms with Crippen LogP contribution >= 0.6 is 0 Å². The summed E-state index contributed by atoms with van der Waals surface area (Å²) in [5, 5.41) is 29.7. The molecular formula is C22H22O7. The van der Waals surface area contributed by atoms with Crippen molar-refractivity contribution in [3.05, 3.63) is 52.4 Å². The smallest absolute Gasteiger partial charge is 0.204 e. The van der Waals surface area contributed by atoms with Crippen LogP contribution in [0.5, 0.6) is 23.0 Å². The molecular weight excluding hydrogens is 376 g/mol. The van der Waals surface area contributed by atoms with Gasteiger partial charge in [-0.15, -0.1) is 0 Å². The average molecular weight is 398 g/mol. The third kappa shape index (κ3) is 4.05. The second kappa shape index (κ2) is 7.52. The summed E-state index contributed by atoms with van der Waals surface area (Å²) in [4.78, 5) is 13.0. The van der Waals surface area contributed by atoms with Crippen LogP contribution in [0.4, 0.5) is 0 Å². The van der Waals surface area contributed by atoms with Gasteiger partial charge < -0.3 is 29.2 Å². The predicted molar refractivity (Wildman–Crippen MR) is 110 cm³/mol. The molecule has 0 aliphatic heterocycles. The topological polar surface area (TPSA) is 109 Å². The molecule has 3 rings (SSSR count). The van der Waals surface area contributed by atoms with Gasteiger partial charge in [-0.1, -0.05) is 12.2 Å². The molecule has 29 heavy (non-hydrogen) atoms. The highest BCUT2D eigenvalue weighted by molar-refractivity contribution is 5.88. The Kier molecular flexibility index (Phi) is 5.26. The van der Waals surface area contributed by atoms with E-state index in [1.807, 2.05) is 0 Å². The lowest BCUT2D eigenvalue weighted by molar-refractivity contribution is 0.134. The summed E-state index contributed by atoms with van der Waals surface area (Å²) in [5.41, 5.74) is -0.200. The Balaban J connectivity index is 2.27. The van der Waals surface area contributed by atoms with Crippen LogP contribution in [0.25, 0.3) is 28.2 Å². The average Bonchev–Trinajstić information content (AvgIpc) is 2.64.